The lowest BCUT2D eigenvalue weighted by atomic mass is 10.1. The Morgan fingerprint density at radius 3 is 2.40 bits per heavy atom. The molecule has 2 rings (SSSR count). The first-order valence-electron chi connectivity index (χ1n) is 6.68. The number of fused-ring (bicyclic) bond motifs is 1. The molecule has 0 N–H and O–H groups in total. The smallest absolute Gasteiger partial charge is 0.250 e. The molecule has 0 unspecified atom stereocenters. The second-order valence-electron chi connectivity index (χ2n) is 6.61. The highest BCUT2D eigenvalue weighted by molar-refractivity contribution is 9.10. The van der Waals surface area contributed by atoms with Gasteiger partial charge in [-0.2, -0.15) is 0 Å². The summed E-state index contributed by atoms with van der Waals surface area (Å²) in [5.74, 6) is 0.915. The van der Waals surface area contributed by atoms with Crippen LogP contribution in [0.2, 0.25) is 23.2 Å². The molecule has 0 aliphatic carbocycles. The SMILES string of the molecule is CC(C)(C)[Si](C)(C)Oc1cc(Br)c2c(Cl)cccc2c1. The maximum Gasteiger partial charge on any atom is 0.250 e. The van der Waals surface area contributed by atoms with Crippen molar-refractivity contribution in [2.45, 2.75) is 38.9 Å². The summed E-state index contributed by atoms with van der Waals surface area (Å²) in [7, 11) is -1.82. The summed E-state index contributed by atoms with van der Waals surface area (Å²) in [5, 5.41) is 3.08. The molecule has 0 aromatic heterocycles. The highest BCUT2D eigenvalue weighted by atomic mass is 79.9. The molecule has 0 bridgehead atoms. The van der Waals surface area contributed by atoms with Crippen LogP contribution in [0.5, 0.6) is 5.75 Å². The Morgan fingerprint density at radius 2 is 1.80 bits per heavy atom. The molecule has 0 saturated heterocycles. The van der Waals surface area contributed by atoms with Crippen LogP contribution in [-0.2, 0) is 0 Å². The summed E-state index contributed by atoms with van der Waals surface area (Å²) in [5.41, 5.74) is 0. The molecule has 0 aliphatic heterocycles. The number of rotatable bonds is 2. The monoisotopic (exact) mass is 370 g/mol. The van der Waals surface area contributed by atoms with Gasteiger partial charge in [0.05, 0.1) is 0 Å². The zero-order valence-electron chi connectivity index (χ0n) is 12.6. The van der Waals surface area contributed by atoms with E-state index in [4.69, 9.17) is 16.0 Å². The Bertz CT molecular complexity index is 647. The lowest BCUT2D eigenvalue weighted by molar-refractivity contribution is 0.492. The lowest BCUT2D eigenvalue weighted by Crippen LogP contribution is -2.43. The van der Waals surface area contributed by atoms with Crippen LogP contribution < -0.4 is 4.43 Å². The van der Waals surface area contributed by atoms with Crippen molar-refractivity contribution in [3.63, 3.8) is 0 Å². The summed E-state index contributed by atoms with van der Waals surface area (Å²) < 4.78 is 7.34. The zero-order valence-corrected chi connectivity index (χ0v) is 15.9. The molecule has 2 aromatic rings. The molecule has 20 heavy (non-hydrogen) atoms. The van der Waals surface area contributed by atoms with Gasteiger partial charge in [0, 0.05) is 14.9 Å². The van der Waals surface area contributed by atoms with Crippen molar-refractivity contribution in [1.29, 1.82) is 0 Å². The van der Waals surface area contributed by atoms with Gasteiger partial charge in [0.25, 0.3) is 0 Å². The van der Waals surface area contributed by atoms with Crippen molar-refractivity contribution in [1.82, 2.24) is 0 Å². The molecule has 108 valence electrons. The Balaban J connectivity index is 2.48. The molecule has 0 atom stereocenters. The predicted molar refractivity (Wildman–Crippen MR) is 94.5 cm³/mol. The van der Waals surface area contributed by atoms with Crippen LogP contribution in [0.4, 0.5) is 0 Å². The fourth-order valence-electron chi connectivity index (χ4n) is 1.81. The largest absolute Gasteiger partial charge is 0.543 e. The molecule has 0 saturated carbocycles. The van der Waals surface area contributed by atoms with Gasteiger partial charge in [0.1, 0.15) is 5.75 Å². The molecule has 0 spiro atoms. The minimum atomic E-state index is -1.82. The third-order valence-corrected chi connectivity index (χ3v) is 9.33. The van der Waals surface area contributed by atoms with E-state index in [1.165, 1.54) is 0 Å². The number of hydrogen-bond acceptors (Lipinski definition) is 1. The third-order valence-electron chi connectivity index (χ3n) is 4.03. The Kier molecular flexibility index (Phi) is 4.25. The lowest BCUT2D eigenvalue weighted by Gasteiger charge is -2.36. The van der Waals surface area contributed by atoms with Crippen LogP contribution in [0.1, 0.15) is 20.8 Å². The van der Waals surface area contributed by atoms with E-state index in [-0.39, 0.29) is 5.04 Å². The molecule has 0 amide bonds. The molecule has 1 nitrogen and oxygen atoms in total. The minimum Gasteiger partial charge on any atom is -0.543 e. The van der Waals surface area contributed by atoms with Crippen molar-refractivity contribution < 1.29 is 4.43 Å². The van der Waals surface area contributed by atoms with Gasteiger partial charge in [-0.3, -0.25) is 0 Å². The summed E-state index contributed by atoms with van der Waals surface area (Å²) in [6.07, 6.45) is 0. The summed E-state index contributed by atoms with van der Waals surface area (Å²) >= 11 is 9.87. The fourth-order valence-corrected chi connectivity index (χ4v) is 3.89. The van der Waals surface area contributed by atoms with E-state index in [0.29, 0.717) is 0 Å². The topological polar surface area (TPSA) is 9.23 Å². The van der Waals surface area contributed by atoms with Gasteiger partial charge in [-0.1, -0.05) is 44.5 Å². The Labute approximate surface area is 135 Å². The van der Waals surface area contributed by atoms with Crippen molar-refractivity contribution in [3.8, 4) is 5.75 Å². The molecule has 0 heterocycles. The van der Waals surface area contributed by atoms with E-state index >= 15 is 0 Å². The van der Waals surface area contributed by atoms with Gasteiger partial charge >= 0.3 is 0 Å². The first kappa shape index (κ1) is 15.9. The second kappa shape index (κ2) is 5.36. The van der Waals surface area contributed by atoms with E-state index < -0.39 is 8.32 Å². The van der Waals surface area contributed by atoms with E-state index in [9.17, 15) is 0 Å². The van der Waals surface area contributed by atoms with Crippen LogP contribution >= 0.6 is 27.5 Å². The van der Waals surface area contributed by atoms with Gasteiger partial charge in [0.15, 0.2) is 0 Å². The van der Waals surface area contributed by atoms with E-state index in [2.05, 4.69) is 61.9 Å². The Morgan fingerprint density at radius 1 is 1.15 bits per heavy atom. The van der Waals surface area contributed by atoms with E-state index in [1.54, 1.807) is 0 Å². The molecule has 4 heteroatoms. The van der Waals surface area contributed by atoms with Crippen LogP contribution in [-0.4, -0.2) is 8.32 Å². The van der Waals surface area contributed by atoms with Gasteiger partial charge in [-0.15, -0.1) is 0 Å². The zero-order chi connectivity index (χ0) is 15.1. The first-order valence-corrected chi connectivity index (χ1v) is 10.8. The van der Waals surface area contributed by atoms with E-state index in [0.717, 1.165) is 26.0 Å². The molecule has 0 aliphatic rings. The Hall–Kier alpha value is -0.513. The van der Waals surface area contributed by atoms with Gasteiger partial charge in [-0.05, 0) is 57.6 Å². The van der Waals surface area contributed by atoms with Crippen LogP contribution in [0.3, 0.4) is 0 Å². The number of benzene rings is 2. The molecular weight excluding hydrogens is 352 g/mol. The normalized spacial score (nSPS) is 12.8. The highest BCUT2D eigenvalue weighted by Crippen LogP contribution is 2.40. The standard InChI is InChI=1S/C16H20BrClOSi/c1-16(2,3)20(4,5)19-12-9-11-7-6-8-14(18)15(11)13(17)10-12/h6-10H,1-5H3. The van der Waals surface area contributed by atoms with Crippen molar-refractivity contribution >= 4 is 46.6 Å². The maximum atomic E-state index is 6.36. The average Bonchev–Trinajstić information content (AvgIpc) is 2.25. The second-order valence-corrected chi connectivity index (χ2v) is 12.6. The number of halogens is 2. The predicted octanol–water partition coefficient (Wildman–Crippen LogP) is 6.64. The van der Waals surface area contributed by atoms with Gasteiger partial charge in [0.2, 0.25) is 8.32 Å². The average molecular weight is 372 g/mol. The van der Waals surface area contributed by atoms with Crippen LogP contribution in [0.15, 0.2) is 34.8 Å². The molecule has 0 radical (unpaired) electrons. The van der Waals surface area contributed by atoms with Crippen molar-refractivity contribution in [2.75, 3.05) is 0 Å². The molecule has 2 aromatic carbocycles. The molecular formula is C16H20BrClOSi. The minimum absolute atomic E-state index is 0.183. The summed E-state index contributed by atoms with van der Waals surface area (Å²) in [4.78, 5) is 0. The summed E-state index contributed by atoms with van der Waals surface area (Å²) in [6, 6.07) is 10.0. The third kappa shape index (κ3) is 3.05. The van der Waals surface area contributed by atoms with Crippen molar-refractivity contribution in [3.05, 3.63) is 39.8 Å². The van der Waals surface area contributed by atoms with Gasteiger partial charge < -0.3 is 4.43 Å². The number of hydrogen-bond donors (Lipinski definition) is 0. The van der Waals surface area contributed by atoms with Gasteiger partial charge in [-0.25, -0.2) is 0 Å². The van der Waals surface area contributed by atoms with Crippen molar-refractivity contribution in [2.24, 2.45) is 0 Å². The van der Waals surface area contributed by atoms with Crippen LogP contribution in [0, 0.1) is 0 Å². The quantitative estimate of drug-likeness (QED) is 0.538. The first-order chi connectivity index (χ1) is 9.12. The summed E-state index contributed by atoms with van der Waals surface area (Å²) in [6.45, 7) is 11.2. The highest BCUT2D eigenvalue weighted by Gasteiger charge is 2.39. The van der Waals surface area contributed by atoms with E-state index in [1.807, 2.05) is 18.2 Å². The fraction of sp³-hybridized carbons (Fsp3) is 0.375. The molecule has 0 fully saturated rings. The van der Waals surface area contributed by atoms with Crippen LogP contribution in [0.25, 0.3) is 10.8 Å². The maximum absolute atomic E-state index is 6.36.